The Morgan fingerprint density at radius 1 is 0.969 bits per heavy atom. The summed E-state index contributed by atoms with van der Waals surface area (Å²) in [5.74, 6) is -1.20. The van der Waals surface area contributed by atoms with Crippen LogP contribution in [-0.2, 0) is 18.9 Å². The van der Waals surface area contributed by atoms with E-state index < -0.39 is 22.6 Å². The number of anilines is 1. The molecule has 0 saturated heterocycles. The number of fused-ring (bicyclic) bond motifs is 1. The van der Waals surface area contributed by atoms with Crippen LogP contribution in [0, 0.1) is 5.41 Å². The monoisotopic (exact) mass is 433 g/mol. The van der Waals surface area contributed by atoms with Crippen LogP contribution in [0.25, 0.3) is 10.8 Å². The Bertz CT molecular complexity index is 1400. The minimum Gasteiger partial charge on any atom is -0.512 e. The largest absolute Gasteiger partial charge is 0.512 e. The second kappa shape index (κ2) is 7.51. The Labute approximate surface area is 185 Å². The van der Waals surface area contributed by atoms with Crippen molar-refractivity contribution in [1.29, 1.82) is 0 Å². The summed E-state index contributed by atoms with van der Waals surface area (Å²) in [6, 6.07) is 13.3. The number of carbonyl (C=O) groups is 1. The van der Waals surface area contributed by atoms with Gasteiger partial charge in [0, 0.05) is 32.5 Å². The van der Waals surface area contributed by atoms with E-state index in [0.29, 0.717) is 12.0 Å². The zero-order valence-electron chi connectivity index (χ0n) is 18.7. The van der Waals surface area contributed by atoms with Crippen molar-refractivity contribution < 1.29 is 9.90 Å². The highest BCUT2D eigenvalue weighted by atomic mass is 16.3. The standard InChI is InChI=1S/C25H27N3O4/c1-25(2)12-17(29)20(18(30)13-25)19(16-11-7-9-14-8-5-6-10-15(14)16)21-22(26)27(3)24(32)28(4)23(21)31/h5-11,19,29H,12-13,26H2,1-4H3. The van der Waals surface area contributed by atoms with Crippen molar-refractivity contribution in [2.75, 3.05) is 5.73 Å². The van der Waals surface area contributed by atoms with Gasteiger partial charge < -0.3 is 10.8 Å². The summed E-state index contributed by atoms with van der Waals surface area (Å²) < 4.78 is 2.18. The summed E-state index contributed by atoms with van der Waals surface area (Å²) in [6.07, 6.45) is 0.543. The zero-order chi connectivity index (χ0) is 23.4. The Kier molecular flexibility index (Phi) is 5.07. The lowest BCUT2D eigenvalue weighted by molar-refractivity contribution is -0.118. The van der Waals surface area contributed by atoms with Crippen LogP contribution in [0.1, 0.15) is 43.7 Å². The summed E-state index contributed by atoms with van der Waals surface area (Å²) in [6.45, 7) is 3.84. The second-order valence-corrected chi connectivity index (χ2v) is 9.31. The van der Waals surface area contributed by atoms with E-state index in [0.717, 1.165) is 15.3 Å². The van der Waals surface area contributed by atoms with Crippen molar-refractivity contribution in [3.63, 3.8) is 0 Å². The van der Waals surface area contributed by atoms with Gasteiger partial charge in [0.25, 0.3) is 5.56 Å². The van der Waals surface area contributed by atoms with Gasteiger partial charge in [0.05, 0.1) is 11.5 Å². The number of aliphatic hydroxyl groups is 1. The molecular formula is C25H27N3O4. The number of benzene rings is 2. The fraction of sp³-hybridized carbons (Fsp3) is 0.320. The number of hydrogen-bond donors (Lipinski definition) is 2. The summed E-state index contributed by atoms with van der Waals surface area (Å²) in [4.78, 5) is 39.2. The lowest BCUT2D eigenvalue weighted by Crippen LogP contribution is -2.42. The molecule has 0 amide bonds. The van der Waals surface area contributed by atoms with E-state index in [2.05, 4.69) is 0 Å². The number of carbonyl (C=O) groups excluding carboxylic acids is 1. The Morgan fingerprint density at radius 3 is 2.31 bits per heavy atom. The molecule has 3 aromatic rings. The average Bonchev–Trinajstić information content (AvgIpc) is 2.73. The van der Waals surface area contributed by atoms with E-state index in [1.165, 1.54) is 18.7 Å². The molecular weight excluding hydrogens is 406 g/mol. The normalized spacial score (nSPS) is 17.1. The highest BCUT2D eigenvalue weighted by Gasteiger charge is 2.40. The van der Waals surface area contributed by atoms with Gasteiger partial charge >= 0.3 is 5.69 Å². The number of aliphatic hydroxyl groups excluding tert-OH is 1. The molecule has 4 rings (SSSR count). The molecule has 1 unspecified atom stereocenters. The van der Waals surface area contributed by atoms with Crippen LogP contribution in [0.3, 0.4) is 0 Å². The van der Waals surface area contributed by atoms with E-state index >= 15 is 0 Å². The van der Waals surface area contributed by atoms with Crippen LogP contribution in [0.4, 0.5) is 5.82 Å². The molecule has 0 fully saturated rings. The van der Waals surface area contributed by atoms with Gasteiger partial charge in [0.15, 0.2) is 5.78 Å². The third kappa shape index (κ3) is 3.34. The molecule has 1 aromatic heterocycles. The first-order valence-corrected chi connectivity index (χ1v) is 10.5. The molecule has 166 valence electrons. The second-order valence-electron chi connectivity index (χ2n) is 9.31. The first-order chi connectivity index (χ1) is 15.0. The number of Topliss-reactive ketones (excluding diaryl/α,β-unsaturated/α-hetero) is 1. The minimum atomic E-state index is -0.907. The molecule has 32 heavy (non-hydrogen) atoms. The van der Waals surface area contributed by atoms with Crippen LogP contribution >= 0.6 is 0 Å². The van der Waals surface area contributed by atoms with Gasteiger partial charge in [-0.15, -0.1) is 0 Å². The van der Waals surface area contributed by atoms with Gasteiger partial charge in [-0.2, -0.15) is 0 Å². The SMILES string of the molecule is Cn1c(N)c(C(C2=C(O)CC(C)(C)CC2=O)c2cccc3ccccc23)c(=O)n(C)c1=O. The molecule has 3 N–H and O–H groups in total. The number of allylic oxidation sites excluding steroid dienone is 2. The van der Waals surface area contributed by atoms with Crippen LogP contribution in [0.5, 0.6) is 0 Å². The maximum atomic E-state index is 13.4. The average molecular weight is 434 g/mol. The third-order valence-corrected chi connectivity index (χ3v) is 6.35. The fourth-order valence-electron chi connectivity index (χ4n) is 4.74. The number of nitrogens with zero attached hydrogens (tertiary/aromatic N) is 2. The third-order valence-electron chi connectivity index (χ3n) is 6.35. The van der Waals surface area contributed by atoms with Crippen molar-refractivity contribution in [1.82, 2.24) is 9.13 Å². The smallest absolute Gasteiger partial charge is 0.332 e. The maximum absolute atomic E-state index is 13.4. The fourth-order valence-corrected chi connectivity index (χ4v) is 4.74. The van der Waals surface area contributed by atoms with E-state index in [1.54, 1.807) is 0 Å². The van der Waals surface area contributed by atoms with Crippen molar-refractivity contribution in [3.05, 3.63) is 85.8 Å². The van der Waals surface area contributed by atoms with Gasteiger partial charge in [-0.1, -0.05) is 56.3 Å². The number of hydrogen-bond acceptors (Lipinski definition) is 5. The summed E-state index contributed by atoms with van der Waals surface area (Å²) in [5.41, 5.74) is 5.75. The lowest BCUT2D eigenvalue weighted by Gasteiger charge is -2.33. The summed E-state index contributed by atoms with van der Waals surface area (Å²) in [5, 5.41) is 12.8. The van der Waals surface area contributed by atoms with Crippen molar-refractivity contribution in [3.8, 4) is 0 Å². The van der Waals surface area contributed by atoms with Crippen LogP contribution in [-0.4, -0.2) is 20.0 Å². The first kappa shape index (κ1) is 21.6. The summed E-state index contributed by atoms with van der Waals surface area (Å²) >= 11 is 0. The van der Waals surface area contributed by atoms with Gasteiger partial charge in [-0.05, 0) is 21.8 Å². The molecule has 1 aliphatic carbocycles. The molecule has 1 heterocycles. The Balaban J connectivity index is 2.15. The molecule has 7 nitrogen and oxygen atoms in total. The summed E-state index contributed by atoms with van der Waals surface area (Å²) in [7, 11) is 2.87. The van der Waals surface area contributed by atoms with Crippen molar-refractivity contribution >= 4 is 22.4 Å². The quantitative estimate of drug-likeness (QED) is 0.660. The van der Waals surface area contributed by atoms with E-state index in [4.69, 9.17) is 5.73 Å². The van der Waals surface area contributed by atoms with E-state index in [-0.39, 0.29) is 34.9 Å². The minimum absolute atomic E-state index is 0.0195. The highest BCUT2D eigenvalue weighted by molar-refractivity contribution is 6.01. The Morgan fingerprint density at radius 2 is 1.62 bits per heavy atom. The maximum Gasteiger partial charge on any atom is 0.332 e. The topological polar surface area (TPSA) is 107 Å². The van der Waals surface area contributed by atoms with Crippen LogP contribution in [0.15, 0.2) is 63.4 Å². The predicted octanol–water partition coefficient (Wildman–Crippen LogP) is 3.15. The van der Waals surface area contributed by atoms with E-state index in [9.17, 15) is 19.5 Å². The predicted molar refractivity (Wildman–Crippen MR) is 125 cm³/mol. The van der Waals surface area contributed by atoms with Crippen LogP contribution in [0.2, 0.25) is 0 Å². The van der Waals surface area contributed by atoms with E-state index in [1.807, 2.05) is 56.3 Å². The molecule has 0 saturated carbocycles. The molecule has 0 radical (unpaired) electrons. The molecule has 2 aromatic carbocycles. The zero-order valence-corrected chi connectivity index (χ0v) is 18.7. The van der Waals surface area contributed by atoms with Crippen molar-refractivity contribution in [2.24, 2.45) is 19.5 Å². The molecule has 0 bridgehead atoms. The lowest BCUT2D eigenvalue weighted by atomic mass is 9.70. The molecule has 0 aliphatic heterocycles. The van der Waals surface area contributed by atoms with Crippen LogP contribution < -0.4 is 17.0 Å². The van der Waals surface area contributed by atoms with Crippen molar-refractivity contribution in [2.45, 2.75) is 32.6 Å². The molecule has 7 heteroatoms. The number of aromatic nitrogens is 2. The number of nitrogens with two attached hydrogens (primary N) is 1. The highest BCUT2D eigenvalue weighted by Crippen LogP contribution is 2.44. The van der Waals surface area contributed by atoms with Gasteiger partial charge in [0.1, 0.15) is 11.6 Å². The molecule has 1 aliphatic rings. The van der Waals surface area contributed by atoms with Gasteiger partial charge in [-0.25, -0.2) is 4.79 Å². The van der Waals surface area contributed by atoms with Gasteiger partial charge in [-0.3, -0.25) is 18.7 Å². The number of ketones is 1. The number of nitrogen functional groups attached to an aromatic ring is 1. The van der Waals surface area contributed by atoms with Gasteiger partial charge in [0.2, 0.25) is 0 Å². The number of rotatable bonds is 3. The molecule has 0 spiro atoms. The Hall–Kier alpha value is -3.61. The first-order valence-electron chi connectivity index (χ1n) is 10.5. The molecule has 1 atom stereocenters.